The van der Waals surface area contributed by atoms with Crippen LogP contribution in [0.2, 0.25) is 0 Å². The molecule has 2 N–H and O–H groups in total. The molecule has 8 heteroatoms. The summed E-state index contributed by atoms with van der Waals surface area (Å²) in [6, 6.07) is 8.11. The Morgan fingerprint density at radius 2 is 2.05 bits per heavy atom. The Bertz CT molecular complexity index is 1110. The standard InChI is InChI=1S/C30H40FN3O4/c1-30(12-16-37-17-13-30)26-11-9-22(31)18-25(26)27(29(35)36)34-19-24(20-34)38-15-4-2-3-7-23-10-8-21-6-5-14-32-28(21)33-23/h8-11,18,24,27H,2-7,12-17,19-20H2,1H3,(H,32,33)(H,35,36). The number of nitrogens with one attached hydrogen (secondary N) is 1. The van der Waals surface area contributed by atoms with Gasteiger partial charge in [0.15, 0.2) is 0 Å². The predicted molar refractivity (Wildman–Crippen MR) is 144 cm³/mol. The Morgan fingerprint density at radius 3 is 2.84 bits per heavy atom. The molecule has 2 saturated heterocycles. The number of benzene rings is 1. The van der Waals surface area contributed by atoms with Crippen LogP contribution in [0.4, 0.5) is 10.2 Å². The van der Waals surface area contributed by atoms with Gasteiger partial charge < -0.3 is 19.9 Å². The van der Waals surface area contributed by atoms with Crippen molar-refractivity contribution in [3.8, 4) is 0 Å². The first-order valence-corrected chi connectivity index (χ1v) is 14.1. The first kappa shape index (κ1) is 27.0. The molecule has 2 aromatic rings. The summed E-state index contributed by atoms with van der Waals surface area (Å²) in [5.41, 5.74) is 3.72. The van der Waals surface area contributed by atoms with Crippen LogP contribution in [0.3, 0.4) is 0 Å². The summed E-state index contributed by atoms with van der Waals surface area (Å²) in [7, 11) is 0. The lowest BCUT2D eigenvalue weighted by molar-refractivity contribution is -0.151. The van der Waals surface area contributed by atoms with E-state index in [1.54, 1.807) is 6.07 Å². The maximum Gasteiger partial charge on any atom is 0.325 e. The molecule has 5 rings (SSSR count). The number of ether oxygens (including phenoxy) is 2. The second-order valence-corrected chi connectivity index (χ2v) is 11.2. The van der Waals surface area contributed by atoms with E-state index in [9.17, 15) is 14.3 Å². The number of fused-ring (bicyclic) bond motifs is 1. The lowest BCUT2D eigenvalue weighted by Gasteiger charge is -2.44. The first-order chi connectivity index (χ1) is 18.4. The third-order valence-corrected chi connectivity index (χ3v) is 8.41. The quantitative estimate of drug-likeness (QED) is 0.404. The van der Waals surface area contributed by atoms with Gasteiger partial charge >= 0.3 is 5.97 Å². The van der Waals surface area contributed by atoms with Gasteiger partial charge in [-0.25, -0.2) is 9.37 Å². The first-order valence-electron chi connectivity index (χ1n) is 14.1. The van der Waals surface area contributed by atoms with Crippen molar-refractivity contribution in [3.05, 3.63) is 58.5 Å². The van der Waals surface area contributed by atoms with E-state index in [4.69, 9.17) is 14.5 Å². The molecule has 0 aliphatic carbocycles. The number of likely N-dealkylation sites (tertiary alicyclic amines) is 1. The molecule has 1 unspecified atom stereocenters. The monoisotopic (exact) mass is 525 g/mol. The van der Waals surface area contributed by atoms with Crippen LogP contribution in [-0.2, 0) is 32.5 Å². The molecule has 38 heavy (non-hydrogen) atoms. The van der Waals surface area contributed by atoms with Crippen LogP contribution < -0.4 is 5.32 Å². The number of anilines is 1. The summed E-state index contributed by atoms with van der Waals surface area (Å²) in [4.78, 5) is 19.0. The number of rotatable bonds is 11. The Kier molecular flexibility index (Phi) is 8.61. The molecule has 3 aliphatic rings. The lowest BCUT2D eigenvalue weighted by atomic mass is 9.73. The van der Waals surface area contributed by atoms with Gasteiger partial charge in [-0.3, -0.25) is 9.69 Å². The number of unbranched alkanes of at least 4 members (excludes halogenated alkanes) is 2. The topological polar surface area (TPSA) is 83.9 Å². The number of hydrogen-bond donors (Lipinski definition) is 2. The number of halogens is 1. The van der Waals surface area contributed by atoms with Gasteiger partial charge in [0.2, 0.25) is 0 Å². The number of aliphatic carboxylic acids is 1. The molecule has 0 spiro atoms. The Balaban J connectivity index is 1.08. The van der Waals surface area contributed by atoms with Crippen LogP contribution >= 0.6 is 0 Å². The highest BCUT2D eigenvalue weighted by molar-refractivity contribution is 5.76. The van der Waals surface area contributed by atoms with Gasteiger partial charge in [-0.1, -0.05) is 25.5 Å². The highest BCUT2D eigenvalue weighted by Gasteiger charge is 2.41. The third-order valence-electron chi connectivity index (χ3n) is 8.41. The van der Waals surface area contributed by atoms with Gasteiger partial charge in [-0.15, -0.1) is 0 Å². The van der Waals surface area contributed by atoms with E-state index in [0.717, 1.165) is 68.6 Å². The minimum Gasteiger partial charge on any atom is -0.480 e. The molecule has 3 aliphatic heterocycles. The molecular weight excluding hydrogens is 485 g/mol. The number of aryl methyl sites for hydroxylation is 2. The summed E-state index contributed by atoms with van der Waals surface area (Å²) in [5, 5.41) is 13.5. The largest absolute Gasteiger partial charge is 0.480 e. The molecule has 1 atom stereocenters. The number of pyridine rings is 1. The summed E-state index contributed by atoms with van der Waals surface area (Å²) >= 11 is 0. The molecule has 7 nitrogen and oxygen atoms in total. The average Bonchev–Trinajstić information content (AvgIpc) is 2.89. The number of hydrogen-bond acceptors (Lipinski definition) is 6. The zero-order valence-corrected chi connectivity index (χ0v) is 22.4. The maximum atomic E-state index is 14.3. The van der Waals surface area contributed by atoms with Gasteiger partial charge in [0.25, 0.3) is 0 Å². The van der Waals surface area contributed by atoms with Gasteiger partial charge in [-0.05, 0) is 85.3 Å². The number of nitrogens with zero attached hydrogens (tertiary/aromatic N) is 2. The summed E-state index contributed by atoms with van der Waals surface area (Å²) in [6.07, 6.45) is 7.95. The second-order valence-electron chi connectivity index (χ2n) is 11.2. The van der Waals surface area contributed by atoms with Crippen molar-refractivity contribution >= 4 is 11.8 Å². The fourth-order valence-corrected chi connectivity index (χ4v) is 6.02. The minimum absolute atomic E-state index is 0.0147. The van der Waals surface area contributed by atoms with Crippen LogP contribution in [0.15, 0.2) is 30.3 Å². The van der Waals surface area contributed by atoms with E-state index >= 15 is 0 Å². The molecule has 0 bridgehead atoms. The van der Waals surface area contributed by atoms with Crippen molar-refractivity contribution in [1.82, 2.24) is 9.88 Å². The van der Waals surface area contributed by atoms with Crippen LogP contribution in [0.25, 0.3) is 0 Å². The van der Waals surface area contributed by atoms with Crippen molar-refractivity contribution < 1.29 is 23.8 Å². The third kappa shape index (κ3) is 6.19. The summed E-state index contributed by atoms with van der Waals surface area (Å²) < 4.78 is 25.9. The molecule has 206 valence electrons. The molecule has 0 radical (unpaired) electrons. The smallest absolute Gasteiger partial charge is 0.325 e. The molecule has 4 heterocycles. The van der Waals surface area contributed by atoms with Gasteiger partial charge in [0.1, 0.15) is 17.7 Å². The van der Waals surface area contributed by atoms with E-state index in [-0.39, 0.29) is 11.5 Å². The highest BCUT2D eigenvalue weighted by atomic mass is 19.1. The zero-order chi connectivity index (χ0) is 26.5. The predicted octanol–water partition coefficient (Wildman–Crippen LogP) is 4.89. The Hall–Kier alpha value is -2.55. The second kappa shape index (κ2) is 12.1. The van der Waals surface area contributed by atoms with E-state index in [2.05, 4.69) is 24.4 Å². The lowest BCUT2D eigenvalue weighted by Crippen LogP contribution is -2.55. The summed E-state index contributed by atoms with van der Waals surface area (Å²) in [5.74, 6) is -0.295. The summed E-state index contributed by atoms with van der Waals surface area (Å²) in [6.45, 7) is 6.14. The van der Waals surface area contributed by atoms with E-state index in [1.807, 2.05) is 4.90 Å². The minimum atomic E-state index is -0.947. The maximum absolute atomic E-state index is 14.3. The van der Waals surface area contributed by atoms with E-state index < -0.39 is 17.8 Å². The fraction of sp³-hybridized carbons (Fsp3) is 0.600. The zero-order valence-electron chi connectivity index (χ0n) is 22.4. The molecule has 1 aromatic heterocycles. The Morgan fingerprint density at radius 1 is 1.24 bits per heavy atom. The van der Waals surface area contributed by atoms with Crippen LogP contribution in [0.5, 0.6) is 0 Å². The van der Waals surface area contributed by atoms with Gasteiger partial charge in [0.05, 0.1) is 6.10 Å². The van der Waals surface area contributed by atoms with Crippen molar-refractivity contribution in [2.24, 2.45) is 0 Å². The fourth-order valence-electron chi connectivity index (χ4n) is 6.02. The molecular formula is C30H40FN3O4. The number of aromatic nitrogens is 1. The number of carboxylic acid groups (broad SMARTS) is 1. The number of carbonyl (C=O) groups is 1. The number of carboxylic acids is 1. The van der Waals surface area contributed by atoms with Gasteiger partial charge in [0, 0.05) is 45.1 Å². The SMILES string of the molecule is CC1(c2ccc(F)cc2C(C(=O)O)N2CC(OCCCCCc3ccc4c(n3)NCCC4)C2)CCOCC1. The van der Waals surface area contributed by atoms with Crippen molar-refractivity contribution in [2.45, 2.75) is 75.9 Å². The normalized spacial score (nSPS) is 20.3. The highest BCUT2D eigenvalue weighted by Crippen LogP contribution is 2.41. The Labute approximate surface area is 224 Å². The van der Waals surface area contributed by atoms with Crippen LogP contribution in [-0.4, -0.2) is 66.5 Å². The van der Waals surface area contributed by atoms with Crippen LogP contribution in [0, 0.1) is 5.82 Å². The van der Waals surface area contributed by atoms with E-state index in [1.165, 1.54) is 24.1 Å². The van der Waals surface area contributed by atoms with Crippen molar-refractivity contribution in [2.75, 3.05) is 44.8 Å². The average molecular weight is 526 g/mol. The van der Waals surface area contributed by atoms with Crippen molar-refractivity contribution in [3.63, 3.8) is 0 Å². The van der Waals surface area contributed by atoms with Crippen molar-refractivity contribution in [1.29, 1.82) is 0 Å². The van der Waals surface area contributed by atoms with Gasteiger partial charge in [-0.2, -0.15) is 0 Å². The van der Waals surface area contributed by atoms with Crippen LogP contribution in [0.1, 0.15) is 73.9 Å². The molecule has 1 aromatic carbocycles. The van der Waals surface area contributed by atoms with E-state index in [0.29, 0.717) is 38.5 Å². The molecule has 0 amide bonds. The molecule has 0 saturated carbocycles. The molecule has 2 fully saturated rings.